The third-order valence-corrected chi connectivity index (χ3v) is 6.36. The summed E-state index contributed by atoms with van der Waals surface area (Å²) in [7, 11) is -3.84. The van der Waals surface area contributed by atoms with Crippen LogP contribution in [0, 0.1) is 5.92 Å². The SMILES string of the molecule is CC1CCCCC1(CN)NS(=O)(=O)c1ccc(CC(F)(F)F)cc1. The van der Waals surface area contributed by atoms with Gasteiger partial charge in [0.25, 0.3) is 0 Å². The number of sulfonamides is 1. The maximum atomic E-state index is 12.6. The number of halogens is 3. The lowest BCUT2D eigenvalue weighted by atomic mass is 9.74. The molecular weight excluding hydrogens is 341 g/mol. The largest absolute Gasteiger partial charge is 0.393 e. The van der Waals surface area contributed by atoms with Crippen LogP contribution in [-0.2, 0) is 16.4 Å². The van der Waals surface area contributed by atoms with Gasteiger partial charge < -0.3 is 5.73 Å². The van der Waals surface area contributed by atoms with E-state index in [0.717, 1.165) is 19.3 Å². The molecule has 1 aromatic rings. The molecule has 0 saturated heterocycles. The number of hydrogen-bond donors (Lipinski definition) is 2. The van der Waals surface area contributed by atoms with Crippen molar-refractivity contribution in [2.45, 2.75) is 55.6 Å². The standard InChI is InChI=1S/C16H23F3N2O2S/c1-12-4-2-3-9-15(12,11-20)21-24(22,23)14-7-5-13(6-8-14)10-16(17,18)19/h5-8,12,21H,2-4,9-11,20H2,1H3. The van der Waals surface area contributed by atoms with E-state index in [0.29, 0.717) is 6.42 Å². The summed E-state index contributed by atoms with van der Waals surface area (Å²) in [5.74, 6) is 0.107. The summed E-state index contributed by atoms with van der Waals surface area (Å²) in [6, 6.07) is 4.81. The Kier molecular flexibility index (Phi) is 5.61. The van der Waals surface area contributed by atoms with E-state index in [9.17, 15) is 21.6 Å². The van der Waals surface area contributed by atoms with Crippen molar-refractivity contribution < 1.29 is 21.6 Å². The van der Waals surface area contributed by atoms with Crippen LogP contribution in [0.25, 0.3) is 0 Å². The highest BCUT2D eigenvalue weighted by molar-refractivity contribution is 7.89. The van der Waals surface area contributed by atoms with Crippen LogP contribution in [0.15, 0.2) is 29.2 Å². The average molecular weight is 364 g/mol. The summed E-state index contributed by atoms with van der Waals surface area (Å²) in [6.45, 7) is 2.17. The molecule has 0 amide bonds. The Morgan fingerprint density at radius 3 is 2.38 bits per heavy atom. The highest BCUT2D eigenvalue weighted by Gasteiger charge is 2.40. The van der Waals surface area contributed by atoms with Gasteiger partial charge in [0.15, 0.2) is 0 Å². The zero-order chi connectivity index (χ0) is 18.0. The first-order valence-electron chi connectivity index (χ1n) is 7.98. The fraction of sp³-hybridized carbons (Fsp3) is 0.625. The van der Waals surface area contributed by atoms with Crippen LogP contribution >= 0.6 is 0 Å². The molecule has 0 aliphatic heterocycles. The van der Waals surface area contributed by atoms with Gasteiger partial charge in [-0.3, -0.25) is 0 Å². The Morgan fingerprint density at radius 1 is 1.25 bits per heavy atom. The van der Waals surface area contributed by atoms with Crippen molar-refractivity contribution in [1.29, 1.82) is 0 Å². The van der Waals surface area contributed by atoms with Crippen molar-refractivity contribution in [3.63, 3.8) is 0 Å². The summed E-state index contributed by atoms with van der Waals surface area (Å²) >= 11 is 0. The molecule has 8 heteroatoms. The Labute approximate surface area is 140 Å². The quantitative estimate of drug-likeness (QED) is 0.844. The molecule has 24 heavy (non-hydrogen) atoms. The molecule has 0 radical (unpaired) electrons. The molecule has 1 fully saturated rings. The van der Waals surface area contributed by atoms with Crippen molar-refractivity contribution >= 4 is 10.0 Å². The minimum Gasteiger partial charge on any atom is -0.329 e. The fourth-order valence-corrected chi connectivity index (χ4v) is 4.79. The molecule has 2 atom stereocenters. The maximum absolute atomic E-state index is 12.6. The topological polar surface area (TPSA) is 72.2 Å². The van der Waals surface area contributed by atoms with Crippen LogP contribution in [0.3, 0.4) is 0 Å². The van der Waals surface area contributed by atoms with Crippen LogP contribution < -0.4 is 10.5 Å². The van der Waals surface area contributed by atoms with Crippen LogP contribution in [0.5, 0.6) is 0 Å². The van der Waals surface area contributed by atoms with Crippen LogP contribution in [0.1, 0.15) is 38.2 Å². The zero-order valence-electron chi connectivity index (χ0n) is 13.6. The number of hydrogen-bond acceptors (Lipinski definition) is 3. The highest BCUT2D eigenvalue weighted by Crippen LogP contribution is 2.34. The molecule has 4 nitrogen and oxygen atoms in total. The number of nitrogens with two attached hydrogens (primary N) is 1. The van der Waals surface area contributed by atoms with Gasteiger partial charge >= 0.3 is 6.18 Å². The predicted octanol–water partition coefficient (Wildman–Crippen LogP) is 2.98. The van der Waals surface area contributed by atoms with E-state index < -0.39 is 28.2 Å². The van der Waals surface area contributed by atoms with Crippen molar-refractivity contribution in [2.75, 3.05) is 6.54 Å². The predicted molar refractivity (Wildman–Crippen MR) is 85.9 cm³/mol. The third-order valence-electron chi connectivity index (χ3n) is 4.79. The molecular formula is C16H23F3N2O2S. The smallest absolute Gasteiger partial charge is 0.329 e. The molecule has 1 aliphatic rings. The lowest BCUT2D eigenvalue weighted by Gasteiger charge is -2.42. The number of benzene rings is 1. The summed E-state index contributed by atoms with van der Waals surface area (Å²) in [6.07, 6.45) is -1.91. The zero-order valence-corrected chi connectivity index (χ0v) is 14.4. The molecule has 2 rings (SSSR count). The second-order valence-corrected chi connectivity index (χ2v) is 8.23. The monoisotopic (exact) mass is 364 g/mol. The third kappa shape index (κ3) is 4.49. The summed E-state index contributed by atoms with van der Waals surface area (Å²) < 4.78 is 65.1. The van der Waals surface area contributed by atoms with E-state index >= 15 is 0 Å². The number of nitrogens with one attached hydrogen (secondary N) is 1. The van der Waals surface area contributed by atoms with Crippen molar-refractivity contribution in [2.24, 2.45) is 11.7 Å². The van der Waals surface area contributed by atoms with Crippen molar-refractivity contribution in [1.82, 2.24) is 4.72 Å². The van der Waals surface area contributed by atoms with E-state index in [-0.39, 0.29) is 22.9 Å². The Bertz CT molecular complexity index is 659. The van der Waals surface area contributed by atoms with Gasteiger partial charge in [-0.2, -0.15) is 13.2 Å². The van der Waals surface area contributed by atoms with Gasteiger partial charge in [-0.1, -0.05) is 31.9 Å². The van der Waals surface area contributed by atoms with E-state index in [4.69, 9.17) is 5.73 Å². The summed E-state index contributed by atoms with van der Waals surface area (Å²) in [5.41, 5.74) is 5.19. The van der Waals surface area contributed by atoms with Gasteiger partial charge in [-0.15, -0.1) is 0 Å². The lowest BCUT2D eigenvalue weighted by Crippen LogP contribution is -2.58. The highest BCUT2D eigenvalue weighted by atomic mass is 32.2. The van der Waals surface area contributed by atoms with Gasteiger partial charge in [0.1, 0.15) is 0 Å². The minimum atomic E-state index is -4.32. The second-order valence-electron chi connectivity index (χ2n) is 6.55. The van der Waals surface area contributed by atoms with Gasteiger partial charge in [0.05, 0.1) is 11.3 Å². The minimum absolute atomic E-state index is 0.0287. The van der Waals surface area contributed by atoms with Gasteiger partial charge in [-0.25, -0.2) is 13.1 Å². The second kappa shape index (κ2) is 7.01. The first kappa shape index (κ1) is 19.2. The normalized spacial score (nSPS) is 25.6. The molecule has 3 N–H and O–H groups in total. The molecule has 2 unspecified atom stereocenters. The lowest BCUT2D eigenvalue weighted by molar-refractivity contribution is -0.127. The van der Waals surface area contributed by atoms with E-state index in [1.54, 1.807) is 0 Å². The summed E-state index contributed by atoms with van der Waals surface area (Å²) in [5, 5.41) is 0. The van der Waals surface area contributed by atoms with Crippen molar-refractivity contribution in [3.05, 3.63) is 29.8 Å². The molecule has 1 saturated carbocycles. The van der Waals surface area contributed by atoms with E-state index in [1.165, 1.54) is 24.3 Å². The Morgan fingerprint density at radius 2 is 1.88 bits per heavy atom. The molecule has 1 aromatic carbocycles. The fourth-order valence-electron chi connectivity index (χ4n) is 3.25. The van der Waals surface area contributed by atoms with Crippen LogP contribution in [0.4, 0.5) is 13.2 Å². The van der Waals surface area contributed by atoms with E-state index in [1.807, 2.05) is 6.92 Å². The Hall–Kier alpha value is -1.12. The average Bonchev–Trinajstić information content (AvgIpc) is 2.48. The Balaban J connectivity index is 2.20. The van der Waals surface area contributed by atoms with Gasteiger partial charge in [-0.05, 0) is 36.5 Å². The van der Waals surface area contributed by atoms with Gasteiger partial charge in [0, 0.05) is 12.1 Å². The van der Waals surface area contributed by atoms with Gasteiger partial charge in [0.2, 0.25) is 10.0 Å². The molecule has 0 bridgehead atoms. The molecule has 0 spiro atoms. The molecule has 136 valence electrons. The number of rotatable bonds is 5. The maximum Gasteiger partial charge on any atom is 0.393 e. The molecule has 1 aliphatic carbocycles. The van der Waals surface area contributed by atoms with E-state index in [2.05, 4.69) is 4.72 Å². The first-order chi connectivity index (χ1) is 11.1. The van der Waals surface area contributed by atoms with Crippen LogP contribution in [0.2, 0.25) is 0 Å². The number of alkyl halides is 3. The molecule has 0 heterocycles. The first-order valence-corrected chi connectivity index (χ1v) is 9.46. The van der Waals surface area contributed by atoms with Crippen LogP contribution in [-0.4, -0.2) is 26.7 Å². The van der Waals surface area contributed by atoms with Crippen molar-refractivity contribution in [3.8, 4) is 0 Å². The molecule has 0 aromatic heterocycles. The summed E-state index contributed by atoms with van der Waals surface area (Å²) in [4.78, 5) is -0.0426.